The normalized spacial score (nSPS) is 10.0. The van der Waals surface area contributed by atoms with Crippen LogP contribution in [0.2, 0.25) is 10.0 Å². The number of benzene rings is 2. The Morgan fingerprint density at radius 1 is 0.840 bits per heavy atom. The first-order chi connectivity index (χ1) is 11.9. The average Bonchev–Trinajstić information content (AvgIpc) is 2.60. The second-order valence-electron chi connectivity index (χ2n) is 4.82. The van der Waals surface area contributed by atoms with Crippen molar-refractivity contribution >= 4 is 40.9 Å². The zero-order valence-corrected chi connectivity index (χ0v) is 14.1. The van der Waals surface area contributed by atoms with Gasteiger partial charge in [-0.15, -0.1) is 0 Å². The lowest BCUT2D eigenvalue weighted by molar-refractivity contribution is -0.120. The van der Waals surface area contributed by atoms with Crippen LogP contribution in [0.4, 0.5) is 4.39 Å². The minimum atomic E-state index is -0.649. The summed E-state index contributed by atoms with van der Waals surface area (Å²) in [6.07, 6.45) is 0. The SMILES string of the molecule is O=C(CNC(=O)c1ccc(Cl)c(Cl)c1)NNC(=O)c1ccc(F)cc1. The van der Waals surface area contributed by atoms with Crippen molar-refractivity contribution in [2.24, 2.45) is 0 Å². The van der Waals surface area contributed by atoms with Crippen LogP contribution in [-0.2, 0) is 4.79 Å². The molecule has 0 aliphatic rings. The second-order valence-corrected chi connectivity index (χ2v) is 5.64. The van der Waals surface area contributed by atoms with Crippen LogP contribution in [0.1, 0.15) is 20.7 Å². The van der Waals surface area contributed by atoms with Crippen molar-refractivity contribution in [3.05, 3.63) is 69.5 Å². The standard InChI is InChI=1S/C16H12Cl2FN3O3/c17-12-6-3-10(7-13(12)18)15(24)20-8-14(23)21-22-16(25)9-1-4-11(19)5-2-9/h1-7H,8H2,(H,20,24)(H,21,23)(H,22,25). The van der Waals surface area contributed by atoms with E-state index in [1.54, 1.807) is 0 Å². The van der Waals surface area contributed by atoms with E-state index in [1.807, 2.05) is 0 Å². The highest BCUT2D eigenvalue weighted by Gasteiger charge is 2.11. The molecular formula is C16H12Cl2FN3O3. The van der Waals surface area contributed by atoms with Crippen LogP contribution >= 0.6 is 23.2 Å². The predicted octanol–water partition coefficient (Wildman–Crippen LogP) is 2.32. The molecule has 2 aromatic rings. The van der Waals surface area contributed by atoms with Gasteiger partial charge in [-0.05, 0) is 42.5 Å². The molecule has 0 fully saturated rings. The fourth-order valence-electron chi connectivity index (χ4n) is 1.74. The molecule has 6 nitrogen and oxygen atoms in total. The number of hydrogen-bond acceptors (Lipinski definition) is 3. The smallest absolute Gasteiger partial charge is 0.269 e. The van der Waals surface area contributed by atoms with Gasteiger partial charge in [0.05, 0.1) is 16.6 Å². The minimum Gasteiger partial charge on any atom is -0.343 e. The average molecular weight is 384 g/mol. The monoisotopic (exact) mass is 383 g/mol. The number of nitrogens with one attached hydrogen (secondary N) is 3. The molecule has 0 aliphatic carbocycles. The number of rotatable bonds is 4. The van der Waals surface area contributed by atoms with E-state index in [0.29, 0.717) is 5.02 Å². The molecule has 0 saturated carbocycles. The zero-order valence-electron chi connectivity index (χ0n) is 12.6. The lowest BCUT2D eigenvalue weighted by Crippen LogP contribution is -2.46. The summed E-state index contributed by atoms with van der Waals surface area (Å²) < 4.78 is 12.8. The largest absolute Gasteiger partial charge is 0.343 e. The number of amides is 3. The second kappa shape index (κ2) is 8.46. The molecule has 0 radical (unpaired) electrons. The molecule has 3 amide bonds. The molecule has 2 rings (SSSR count). The molecular weight excluding hydrogens is 372 g/mol. The summed E-state index contributed by atoms with van der Waals surface area (Å²) in [5.41, 5.74) is 4.68. The molecule has 130 valence electrons. The summed E-state index contributed by atoms with van der Waals surface area (Å²) in [5.74, 6) is -2.28. The summed E-state index contributed by atoms with van der Waals surface area (Å²) in [6, 6.07) is 9.06. The third-order valence-electron chi connectivity index (χ3n) is 3.01. The minimum absolute atomic E-state index is 0.168. The molecule has 0 unspecified atom stereocenters. The highest BCUT2D eigenvalue weighted by molar-refractivity contribution is 6.42. The first kappa shape index (κ1) is 18.7. The van der Waals surface area contributed by atoms with Gasteiger partial charge in [-0.3, -0.25) is 25.2 Å². The number of halogens is 3. The van der Waals surface area contributed by atoms with E-state index >= 15 is 0 Å². The number of hydrogen-bond donors (Lipinski definition) is 3. The Bertz CT molecular complexity index is 813. The quantitative estimate of drug-likeness (QED) is 0.708. The van der Waals surface area contributed by atoms with Crippen molar-refractivity contribution < 1.29 is 18.8 Å². The molecule has 9 heteroatoms. The number of carbonyl (C=O) groups excluding carboxylic acids is 3. The summed E-state index contributed by atoms with van der Waals surface area (Å²) in [7, 11) is 0. The maximum absolute atomic E-state index is 12.8. The Hall–Kier alpha value is -2.64. The van der Waals surface area contributed by atoms with E-state index in [2.05, 4.69) is 16.2 Å². The Morgan fingerprint density at radius 3 is 2.12 bits per heavy atom. The van der Waals surface area contributed by atoms with Gasteiger partial charge in [0, 0.05) is 11.1 Å². The van der Waals surface area contributed by atoms with Gasteiger partial charge in [0.15, 0.2) is 0 Å². The Morgan fingerprint density at radius 2 is 1.48 bits per heavy atom. The van der Waals surface area contributed by atoms with Gasteiger partial charge >= 0.3 is 0 Å². The predicted molar refractivity (Wildman–Crippen MR) is 90.8 cm³/mol. The highest BCUT2D eigenvalue weighted by Crippen LogP contribution is 2.22. The van der Waals surface area contributed by atoms with Gasteiger partial charge in [-0.2, -0.15) is 0 Å². The summed E-state index contributed by atoms with van der Waals surface area (Å²) >= 11 is 11.6. The number of hydrazine groups is 1. The lowest BCUT2D eigenvalue weighted by Gasteiger charge is -2.09. The summed E-state index contributed by atoms with van der Waals surface area (Å²) in [4.78, 5) is 35.3. The van der Waals surface area contributed by atoms with Crippen molar-refractivity contribution in [1.29, 1.82) is 0 Å². The maximum atomic E-state index is 12.8. The van der Waals surface area contributed by atoms with Gasteiger partial charge < -0.3 is 5.32 Å². The molecule has 0 heterocycles. The Kier molecular flexibility index (Phi) is 6.32. The van der Waals surface area contributed by atoms with Crippen LogP contribution in [0.15, 0.2) is 42.5 Å². The van der Waals surface area contributed by atoms with Crippen LogP contribution in [0.3, 0.4) is 0 Å². The third kappa shape index (κ3) is 5.44. The van der Waals surface area contributed by atoms with Crippen molar-refractivity contribution in [1.82, 2.24) is 16.2 Å². The third-order valence-corrected chi connectivity index (χ3v) is 3.75. The van der Waals surface area contributed by atoms with Crippen LogP contribution in [0.25, 0.3) is 0 Å². The van der Waals surface area contributed by atoms with E-state index in [0.717, 1.165) is 12.1 Å². The highest BCUT2D eigenvalue weighted by atomic mass is 35.5. The van der Waals surface area contributed by atoms with Gasteiger partial charge in [-0.1, -0.05) is 23.2 Å². The molecule has 0 atom stereocenters. The first-order valence-corrected chi connectivity index (χ1v) is 7.70. The van der Waals surface area contributed by atoms with Crippen molar-refractivity contribution in [3.63, 3.8) is 0 Å². The molecule has 0 bridgehead atoms. The van der Waals surface area contributed by atoms with E-state index < -0.39 is 23.5 Å². The molecule has 25 heavy (non-hydrogen) atoms. The van der Waals surface area contributed by atoms with E-state index in [9.17, 15) is 18.8 Å². The van der Waals surface area contributed by atoms with E-state index in [-0.39, 0.29) is 22.7 Å². The van der Waals surface area contributed by atoms with E-state index in [4.69, 9.17) is 23.2 Å². The fraction of sp³-hybridized carbons (Fsp3) is 0.0625. The van der Waals surface area contributed by atoms with Crippen molar-refractivity contribution in [2.75, 3.05) is 6.54 Å². The van der Waals surface area contributed by atoms with Crippen molar-refractivity contribution in [2.45, 2.75) is 0 Å². The molecule has 0 aromatic heterocycles. The van der Waals surface area contributed by atoms with Crippen LogP contribution in [0, 0.1) is 5.82 Å². The van der Waals surface area contributed by atoms with Gasteiger partial charge in [0.2, 0.25) is 0 Å². The first-order valence-electron chi connectivity index (χ1n) is 6.95. The topological polar surface area (TPSA) is 87.3 Å². The van der Waals surface area contributed by atoms with Gasteiger partial charge in [0.25, 0.3) is 17.7 Å². The molecule has 3 N–H and O–H groups in total. The zero-order chi connectivity index (χ0) is 18.4. The van der Waals surface area contributed by atoms with Crippen molar-refractivity contribution in [3.8, 4) is 0 Å². The van der Waals surface area contributed by atoms with Gasteiger partial charge in [0.1, 0.15) is 5.82 Å². The Balaban J connectivity index is 1.80. The summed E-state index contributed by atoms with van der Waals surface area (Å²) in [5, 5.41) is 2.88. The number of carbonyl (C=O) groups is 3. The van der Waals surface area contributed by atoms with E-state index in [1.165, 1.54) is 30.3 Å². The lowest BCUT2D eigenvalue weighted by atomic mass is 10.2. The Labute approximate surface area is 152 Å². The van der Waals surface area contributed by atoms with Crippen LogP contribution in [0.5, 0.6) is 0 Å². The maximum Gasteiger partial charge on any atom is 0.269 e. The molecule has 0 saturated heterocycles. The van der Waals surface area contributed by atoms with Gasteiger partial charge in [-0.25, -0.2) is 4.39 Å². The van der Waals surface area contributed by atoms with Crippen LogP contribution in [-0.4, -0.2) is 24.3 Å². The molecule has 2 aromatic carbocycles. The van der Waals surface area contributed by atoms with Crippen LogP contribution < -0.4 is 16.2 Å². The fourth-order valence-corrected chi connectivity index (χ4v) is 2.04. The molecule has 0 aliphatic heterocycles. The summed E-state index contributed by atoms with van der Waals surface area (Å²) in [6.45, 7) is -0.372. The molecule has 0 spiro atoms.